The fourth-order valence-electron chi connectivity index (χ4n) is 3.84. The number of amides is 2. The molecule has 3 rings (SSSR count). The van der Waals surface area contributed by atoms with Crippen LogP contribution in [0.5, 0.6) is 11.5 Å². The molecule has 1 aliphatic heterocycles. The predicted molar refractivity (Wildman–Crippen MR) is 125 cm³/mol. The molecule has 0 aliphatic carbocycles. The van der Waals surface area contributed by atoms with Crippen LogP contribution in [-0.4, -0.2) is 49.6 Å². The Bertz CT molecular complexity index is 988. The topological polar surface area (TPSA) is 67.9 Å². The van der Waals surface area contributed by atoms with E-state index in [0.717, 1.165) is 40.2 Å². The lowest BCUT2D eigenvalue weighted by atomic mass is 9.90. The number of aryl methyl sites for hydroxylation is 4. The standard InChI is InChI=1S/C26H34N2O4/c1-18-6-8-20(3)22(12-18)31-14-24(29)27-16-26(5)10-11-28(17-26)25(30)15-32-23-13-19(2)7-9-21(23)4/h6-9,12-13H,10-11,14-17H2,1-5H3,(H,27,29). The van der Waals surface area contributed by atoms with Gasteiger partial charge in [-0.15, -0.1) is 0 Å². The second-order valence-electron chi connectivity index (χ2n) is 9.27. The minimum Gasteiger partial charge on any atom is -0.483 e. The van der Waals surface area contributed by atoms with Gasteiger partial charge in [-0.1, -0.05) is 31.2 Å². The van der Waals surface area contributed by atoms with Crippen molar-refractivity contribution in [2.24, 2.45) is 5.41 Å². The fourth-order valence-corrected chi connectivity index (χ4v) is 3.84. The lowest BCUT2D eigenvalue weighted by Gasteiger charge is -2.25. The molecule has 0 bridgehead atoms. The zero-order valence-electron chi connectivity index (χ0n) is 19.8. The largest absolute Gasteiger partial charge is 0.483 e. The maximum absolute atomic E-state index is 12.7. The second kappa shape index (κ2) is 10.1. The number of ether oxygens (including phenoxy) is 2. The third-order valence-electron chi connectivity index (χ3n) is 6.02. The van der Waals surface area contributed by atoms with Gasteiger partial charge < -0.3 is 19.7 Å². The molecule has 2 amide bonds. The molecule has 1 fully saturated rings. The zero-order valence-corrected chi connectivity index (χ0v) is 19.8. The van der Waals surface area contributed by atoms with Crippen molar-refractivity contribution in [3.8, 4) is 11.5 Å². The zero-order chi connectivity index (χ0) is 23.3. The van der Waals surface area contributed by atoms with Crippen LogP contribution in [0.25, 0.3) is 0 Å². The number of hydrogen-bond donors (Lipinski definition) is 1. The Morgan fingerprint density at radius 2 is 1.50 bits per heavy atom. The van der Waals surface area contributed by atoms with Gasteiger partial charge in [0.05, 0.1) is 0 Å². The van der Waals surface area contributed by atoms with Crippen LogP contribution in [0.2, 0.25) is 0 Å². The van der Waals surface area contributed by atoms with Crippen LogP contribution in [0.4, 0.5) is 0 Å². The minimum atomic E-state index is -0.163. The number of hydrogen-bond acceptors (Lipinski definition) is 4. The van der Waals surface area contributed by atoms with Gasteiger partial charge in [0.25, 0.3) is 11.8 Å². The smallest absolute Gasteiger partial charge is 0.260 e. The lowest BCUT2D eigenvalue weighted by Crippen LogP contribution is -2.41. The highest BCUT2D eigenvalue weighted by Crippen LogP contribution is 2.29. The average Bonchev–Trinajstić information content (AvgIpc) is 3.16. The van der Waals surface area contributed by atoms with E-state index in [2.05, 4.69) is 12.2 Å². The van der Waals surface area contributed by atoms with Crippen LogP contribution in [-0.2, 0) is 9.59 Å². The van der Waals surface area contributed by atoms with Crippen molar-refractivity contribution in [3.63, 3.8) is 0 Å². The van der Waals surface area contributed by atoms with E-state index in [1.165, 1.54) is 0 Å². The van der Waals surface area contributed by atoms with Gasteiger partial charge in [-0.3, -0.25) is 9.59 Å². The maximum Gasteiger partial charge on any atom is 0.260 e. The molecule has 2 aromatic rings. The molecule has 0 radical (unpaired) electrons. The van der Waals surface area contributed by atoms with E-state index < -0.39 is 0 Å². The van der Waals surface area contributed by atoms with Gasteiger partial charge in [0, 0.05) is 25.0 Å². The predicted octanol–water partition coefficient (Wildman–Crippen LogP) is 3.73. The van der Waals surface area contributed by atoms with E-state index in [0.29, 0.717) is 19.6 Å². The first-order valence-electron chi connectivity index (χ1n) is 11.1. The molecule has 1 N–H and O–H groups in total. The van der Waals surface area contributed by atoms with E-state index in [-0.39, 0.29) is 30.4 Å². The first-order valence-corrected chi connectivity index (χ1v) is 11.1. The van der Waals surface area contributed by atoms with Gasteiger partial charge in [-0.05, 0) is 68.5 Å². The molecule has 32 heavy (non-hydrogen) atoms. The SMILES string of the molecule is Cc1ccc(C)c(OCC(=O)NCC2(C)CCN(C(=O)COc3cc(C)ccc3C)C2)c1. The quantitative estimate of drug-likeness (QED) is 0.682. The highest BCUT2D eigenvalue weighted by molar-refractivity contribution is 5.79. The number of likely N-dealkylation sites (tertiary alicyclic amines) is 1. The lowest BCUT2D eigenvalue weighted by molar-refractivity contribution is -0.132. The highest BCUT2D eigenvalue weighted by Gasteiger charge is 2.36. The van der Waals surface area contributed by atoms with Crippen molar-refractivity contribution in [1.82, 2.24) is 10.2 Å². The highest BCUT2D eigenvalue weighted by atomic mass is 16.5. The van der Waals surface area contributed by atoms with E-state index in [1.54, 1.807) is 0 Å². The van der Waals surface area contributed by atoms with E-state index in [4.69, 9.17) is 9.47 Å². The van der Waals surface area contributed by atoms with Crippen LogP contribution in [0, 0.1) is 33.1 Å². The molecule has 1 aliphatic rings. The summed E-state index contributed by atoms with van der Waals surface area (Å²) in [5, 5.41) is 2.97. The summed E-state index contributed by atoms with van der Waals surface area (Å²) in [4.78, 5) is 26.8. The number of carbonyl (C=O) groups excluding carboxylic acids is 2. The molecule has 1 heterocycles. The summed E-state index contributed by atoms with van der Waals surface area (Å²) in [7, 11) is 0. The Morgan fingerprint density at radius 1 is 0.938 bits per heavy atom. The van der Waals surface area contributed by atoms with Crippen LogP contribution in [0.15, 0.2) is 36.4 Å². The molecule has 0 aromatic heterocycles. The summed E-state index contributed by atoms with van der Waals surface area (Å²) in [5.74, 6) is 1.29. The maximum atomic E-state index is 12.7. The molecular formula is C26H34N2O4. The first-order chi connectivity index (χ1) is 15.1. The average molecular weight is 439 g/mol. The third kappa shape index (κ3) is 6.25. The van der Waals surface area contributed by atoms with Crippen LogP contribution < -0.4 is 14.8 Å². The van der Waals surface area contributed by atoms with Crippen molar-refractivity contribution >= 4 is 11.8 Å². The van der Waals surface area contributed by atoms with Crippen molar-refractivity contribution in [3.05, 3.63) is 58.7 Å². The Morgan fingerprint density at radius 3 is 2.09 bits per heavy atom. The van der Waals surface area contributed by atoms with Crippen LogP contribution in [0.3, 0.4) is 0 Å². The minimum absolute atomic E-state index is 0.0211. The van der Waals surface area contributed by atoms with Gasteiger partial charge in [0.1, 0.15) is 11.5 Å². The number of carbonyl (C=O) groups is 2. The van der Waals surface area contributed by atoms with Crippen LogP contribution in [0.1, 0.15) is 35.6 Å². The van der Waals surface area contributed by atoms with Gasteiger partial charge in [-0.25, -0.2) is 0 Å². The molecule has 0 spiro atoms. The van der Waals surface area contributed by atoms with E-state index >= 15 is 0 Å². The molecule has 0 saturated carbocycles. The Balaban J connectivity index is 1.44. The summed E-state index contributed by atoms with van der Waals surface area (Å²) < 4.78 is 11.5. The Kier molecular flexibility index (Phi) is 7.44. The summed E-state index contributed by atoms with van der Waals surface area (Å²) in [5.41, 5.74) is 4.05. The van der Waals surface area contributed by atoms with Crippen LogP contribution >= 0.6 is 0 Å². The molecule has 2 aromatic carbocycles. The molecule has 1 saturated heterocycles. The van der Waals surface area contributed by atoms with Gasteiger partial charge in [0.15, 0.2) is 13.2 Å². The number of nitrogens with zero attached hydrogens (tertiary/aromatic N) is 1. The third-order valence-corrected chi connectivity index (χ3v) is 6.02. The summed E-state index contributed by atoms with van der Waals surface area (Å²) >= 11 is 0. The Hall–Kier alpha value is -3.02. The monoisotopic (exact) mass is 438 g/mol. The van der Waals surface area contributed by atoms with Crippen molar-refractivity contribution < 1.29 is 19.1 Å². The normalized spacial score (nSPS) is 17.8. The summed E-state index contributed by atoms with van der Waals surface area (Å²) in [6.45, 7) is 11.8. The molecule has 172 valence electrons. The molecular weight excluding hydrogens is 404 g/mol. The number of benzene rings is 2. The molecule has 1 atom stereocenters. The Labute approximate surface area is 190 Å². The van der Waals surface area contributed by atoms with E-state index in [1.807, 2.05) is 69.0 Å². The second-order valence-corrected chi connectivity index (χ2v) is 9.27. The molecule has 6 heteroatoms. The van der Waals surface area contributed by atoms with Crippen molar-refractivity contribution in [2.75, 3.05) is 32.8 Å². The molecule has 1 unspecified atom stereocenters. The number of rotatable bonds is 8. The van der Waals surface area contributed by atoms with Gasteiger partial charge >= 0.3 is 0 Å². The van der Waals surface area contributed by atoms with Gasteiger partial charge in [0.2, 0.25) is 0 Å². The fraction of sp³-hybridized carbons (Fsp3) is 0.462. The summed E-state index contributed by atoms with van der Waals surface area (Å²) in [6, 6.07) is 11.9. The van der Waals surface area contributed by atoms with E-state index in [9.17, 15) is 9.59 Å². The van der Waals surface area contributed by atoms with Crippen molar-refractivity contribution in [2.45, 2.75) is 41.0 Å². The van der Waals surface area contributed by atoms with Crippen molar-refractivity contribution in [1.29, 1.82) is 0 Å². The summed E-state index contributed by atoms with van der Waals surface area (Å²) in [6.07, 6.45) is 0.834. The first kappa shape index (κ1) is 23.6. The van der Waals surface area contributed by atoms with Gasteiger partial charge in [-0.2, -0.15) is 0 Å². The number of nitrogens with one attached hydrogen (secondary N) is 1. The molecule has 6 nitrogen and oxygen atoms in total.